The van der Waals surface area contributed by atoms with Crippen LogP contribution in [-0.4, -0.2) is 156 Å². The van der Waals surface area contributed by atoms with Crippen molar-refractivity contribution in [3.63, 3.8) is 0 Å². The van der Waals surface area contributed by atoms with Crippen molar-refractivity contribution in [1.29, 1.82) is 0 Å². The molecule has 0 aromatic heterocycles. The number of carboxylic acid groups (broad SMARTS) is 3. The van der Waals surface area contributed by atoms with E-state index < -0.39 is 24.5 Å². The summed E-state index contributed by atoms with van der Waals surface area (Å²) < 4.78 is 0. The molecule has 0 aliphatic heterocycles. The van der Waals surface area contributed by atoms with Gasteiger partial charge >= 0.3 is 17.9 Å². The van der Waals surface area contributed by atoms with Gasteiger partial charge in [0.25, 0.3) is 0 Å². The molecule has 0 aliphatic rings. The number of nitrogens with one attached hydrogen (secondary N) is 2. The fourth-order valence-corrected chi connectivity index (χ4v) is 4.56. The van der Waals surface area contributed by atoms with Gasteiger partial charge in [-0.1, -0.05) is 59.3 Å². The molecule has 0 rings (SSSR count). The van der Waals surface area contributed by atoms with Crippen LogP contribution in [0.25, 0.3) is 0 Å². The third kappa shape index (κ3) is 24.3. The van der Waals surface area contributed by atoms with Gasteiger partial charge in [-0.3, -0.25) is 38.7 Å². The van der Waals surface area contributed by atoms with E-state index in [0.29, 0.717) is 19.6 Å². The molecule has 0 spiro atoms. The number of amides is 2. The topological polar surface area (TPSA) is 183 Å². The minimum atomic E-state index is -1.11. The van der Waals surface area contributed by atoms with E-state index in [-0.39, 0.29) is 64.2 Å². The van der Waals surface area contributed by atoms with Crippen LogP contribution in [0.5, 0.6) is 0 Å². The van der Waals surface area contributed by atoms with Crippen molar-refractivity contribution in [3.8, 4) is 0 Å². The summed E-state index contributed by atoms with van der Waals surface area (Å²) in [5.74, 6) is -3.94. The van der Waals surface area contributed by atoms with Gasteiger partial charge in [0, 0.05) is 45.8 Å². The van der Waals surface area contributed by atoms with Gasteiger partial charge in [0.2, 0.25) is 11.8 Å². The third-order valence-electron chi connectivity index (χ3n) is 7.02. The van der Waals surface area contributed by atoms with E-state index in [9.17, 15) is 39.3 Å². The Bertz CT molecular complexity index is 812. The molecule has 43 heavy (non-hydrogen) atoms. The van der Waals surface area contributed by atoms with Crippen molar-refractivity contribution in [2.24, 2.45) is 0 Å². The quantitative estimate of drug-likeness (QED) is 0.0734. The zero-order valence-electron chi connectivity index (χ0n) is 26.5. The second-order valence-corrected chi connectivity index (χ2v) is 10.7. The summed E-state index contributed by atoms with van der Waals surface area (Å²) >= 11 is 0. The number of likely N-dealkylation sites (N-methyl/N-ethyl adjacent to an activating group) is 1. The Morgan fingerprint density at radius 3 is 1.30 bits per heavy atom. The average molecular weight is 617 g/mol. The predicted octanol–water partition coefficient (Wildman–Crippen LogP) is 0.471. The number of unbranched alkanes of at least 4 members (excludes halogenated alkanes) is 6. The Kier molecular flexibility index (Phi) is 24.0. The number of hydrogen-bond donors (Lipinski definition) is 5. The molecular formula is C29H56N6O8. The van der Waals surface area contributed by atoms with E-state index in [0.717, 1.165) is 32.4 Å². The minimum Gasteiger partial charge on any atom is -0.480 e. The van der Waals surface area contributed by atoms with E-state index >= 15 is 0 Å². The molecule has 0 unspecified atom stereocenters. The maximum atomic E-state index is 12.4. The second-order valence-electron chi connectivity index (χ2n) is 10.7. The molecule has 0 fully saturated rings. The van der Waals surface area contributed by atoms with Crippen molar-refractivity contribution in [2.75, 3.05) is 91.6 Å². The van der Waals surface area contributed by atoms with Gasteiger partial charge in [0.05, 0.1) is 32.7 Å². The number of carbonyl (C=O) groups excluding carboxylic acids is 2. The summed E-state index contributed by atoms with van der Waals surface area (Å²) in [5, 5.41) is 33.6. The molecule has 0 heterocycles. The minimum absolute atomic E-state index is 0.112. The highest BCUT2D eigenvalue weighted by atomic mass is 16.4. The molecular weight excluding hydrogens is 560 g/mol. The summed E-state index contributed by atoms with van der Waals surface area (Å²) in [6.07, 6.45) is 7.81. The highest BCUT2D eigenvalue weighted by Crippen LogP contribution is 2.06. The Morgan fingerprint density at radius 2 is 0.860 bits per heavy atom. The molecule has 0 radical (unpaired) electrons. The molecule has 0 aliphatic carbocycles. The molecule has 0 aromatic rings. The van der Waals surface area contributed by atoms with E-state index in [1.165, 1.54) is 35.5 Å². The van der Waals surface area contributed by atoms with Crippen molar-refractivity contribution < 1.29 is 39.3 Å². The van der Waals surface area contributed by atoms with E-state index in [1.807, 2.05) is 13.8 Å². The van der Waals surface area contributed by atoms with Crippen molar-refractivity contribution in [1.82, 2.24) is 30.2 Å². The lowest BCUT2D eigenvalue weighted by atomic mass is 10.1. The molecule has 0 bridgehead atoms. The fraction of sp³-hybridized carbons (Fsp3) is 0.828. The van der Waals surface area contributed by atoms with Crippen LogP contribution in [0.1, 0.15) is 65.7 Å². The molecule has 5 N–H and O–H groups in total. The van der Waals surface area contributed by atoms with Crippen LogP contribution in [-0.2, 0) is 24.0 Å². The van der Waals surface area contributed by atoms with Gasteiger partial charge in [-0.05, 0) is 19.5 Å². The molecule has 14 nitrogen and oxygen atoms in total. The molecule has 250 valence electrons. The average Bonchev–Trinajstić information content (AvgIpc) is 2.92. The number of nitrogens with zero attached hydrogens (tertiary/aromatic N) is 4. The first-order valence-electron chi connectivity index (χ1n) is 15.6. The van der Waals surface area contributed by atoms with Crippen LogP contribution in [0.15, 0.2) is 0 Å². The second kappa shape index (κ2) is 25.7. The van der Waals surface area contributed by atoms with Crippen LogP contribution in [0, 0.1) is 0 Å². The maximum absolute atomic E-state index is 12.4. The third-order valence-corrected chi connectivity index (χ3v) is 7.02. The molecule has 0 atom stereocenters. The Labute approximate surface area is 256 Å². The smallest absolute Gasteiger partial charge is 0.317 e. The first-order valence-corrected chi connectivity index (χ1v) is 15.6. The SMILES string of the molecule is CCCCCCCCCNC(=O)CN(CCN(CCN(CC(=O)O)CC(=O)NCCN(CC)CC)CC(=O)O)CC(=O)O. The van der Waals surface area contributed by atoms with E-state index in [2.05, 4.69) is 22.5 Å². The van der Waals surface area contributed by atoms with Crippen LogP contribution in [0.4, 0.5) is 0 Å². The van der Waals surface area contributed by atoms with Gasteiger partial charge in [-0.2, -0.15) is 0 Å². The summed E-state index contributed by atoms with van der Waals surface area (Å²) in [6.45, 7) is 8.62. The number of hydrogen-bond acceptors (Lipinski definition) is 9. The standard InChI is InChI=1S/C29H56N6O8/c1-4-7-8-9-10-11-12-13-30-25(36)20-34(23-28(40)41)18-16-33(22-27(38)39)17-19-35(24-29(42)43)21-26(37)31-14-15-32(5-2)6-3/h4-24H2,1-3H3,(H,30,36)(H,31,37)(H,38,39)(H,40,41)(H,42,43). The van der Waals surface area contributed by atoms with Gasteiger partial charge < -0.3 is 30.9 Å². The van der Waals surface area contributed by atoms with Gasteiger partial charge in [-0.15, -0.1) is 0 Å². The molecule has 0 saturated carbocycles. The zero-order chi connectivity index (χ0) is 32.5. The Hall–Kier alpha value is -2.81. The number of rotatable bonds is 29. The van der Waals surface area contributed by atoms with E-state index in [1.54, 1.807) is 4.90 Å². The first kappa shape index (κ1) is 40.2. The number of carbonyl (C=O) groups is 5. The lowest BCUT2D eigenvalue weighted by Crippen LogP contribution is -2.47. The van der Waals surface area contributed by atoms with Crippen molar-refractivity contribution in [3.05, 3.63) is 0 Å². The molecule has 14 heteroatoms. The summed E-state index contributed by atoms with van der Waals surface area (Å²) in [4.78, 5) is 65.7. The predicted molar refractivity (Wildman–Crippen MR) is 164 cm³/mol. The summed E-state index contributed by atoms with van der Waals surface area (Å²) in [7, 11) is 0. The molecule has 0 saturated heterocycles. The van der Waals surface area contributed by atoms with Gasteiger partial charge in [0.1, 0.15) is 0 Å². The van der Waals surface area contributed by atoms with Gasteiger partial charge in [-0.25, -0.2) is 0 Å². The summed E-state index contributed by atoms with van der Waals surface area (Å²) in [5.41, 5.74) is 0. The molecule has 0 aromatic carbocycles. The monoisotopic (exact) mass is 616 g/mol. The maximum Gasteiger partial charge on any atom is 0.317 e. The van der Waals surface area contributed by atoms with Crippen LogP contribution in [0.3, 0.4) is 0 Å². The summed E-state index contributed by atoms with van der Waals surface area (Å²) in [6, 6.07) is 0. The largest absolute Gasteiger partial charge is 0.480 e. The van der Waals surface area contributed by atoms with Crippen LogP contribution < -0.4 is 10.6 Å². The highest BCUT2D eigenvalue weighted by molar-refractivity contribution is 5.79. The van der Waals surface area contributed by atoms with Gasteiger partial charge in [0.15, 0.2) is 0 Å². The first-order chi connectivity index (χ1) is 20.5. The number of aliphatic carboxylic acids is 3. The lowest BCUT2D eigenvalue weighted by molar-refractivity contribution is -0.141. The Morgan fingerprint density at radius 1 is 0.465 bits per heavy atom. The van der Waals surface area contributed by atoms with E-state index in [4.69, 9.17) is 0 Å². The Balaban J connectivity index is 4.90. The van der Waals surface area contributed by atoms with Crippen molar-refractivity contribution in [2.45, 2.75) is 65.7 Å². The highest BCUT2D eigenvalue weighted by Gasteiger charge is 2.20. The van der Waals surface area contributed by atoms with Crippen molar-refractivity contribution >= 4 is 29.7 Å². The zero-order valence-corrected chi connectivity index (χ0v) is 26.5. The lowest BCUT2D eigenvalue weighted by Gasteiger charge is -2.28. The normalized spacial score (nSPS) is 11.4. The number of carboxylic acids is 3. The van der Waals surface area contributed by atoms with Crippen LogP contribution in [0.2, 0.25) is 0 Å². The molecule has 2 amide bonds. The van der Waals surface area contributed by atoms with Crippen LogP contribution >= 0.6 is 0 Å². The fourth-order valence-electron chi connectivity index (χ4n) is 4.56.